The predicted molar refractivity (Wildman–Crippen MR) is 79.8 cm³/mol. The fourth-order valence-electron chi connectivity index (χ4n) is 2.25. The number of piperidine rings is 1. The summed E-state index contributed by atoms with van der Waals surface area (Å²) in [6.07, 6.45) is 0.967. The lowest BCUT2D eigenvalue weighted by Crippen LogP contribution is -2.46. The Balaban J connectivity index is 2.21. The van der Waals surface area contributed by atoms with Crippen LogP contribution in [0.4, 0.5) is 11.4 Å². The van der Waals surface area contributed by atoms with Crippen molar-refractivity contribution in [3.05, 3.63) is 31.9 Å². The van der Waals surface area contributed by atoms with Crippen molar-refractivity contribution in [1.29, 1.82) is 0 Å². The van der Waals surface area contributed by atoms with Gasteiger partial charge in [-0.3, -0.25) is 10.1 Å². The molecule has 2 rings (SSSR count). The molecule has 0 spiro atoms. The van der Waals surface area contributed by atoms with E-state index in [9.17, 15) is 10.1 Å². The highest BCUT2D eigenvalue weighted by Gasteiger charge is 2.24. The molecule has 1 aliphatic rings. The first kappa shape index (κ1) is 13.5. The van der Waals surface area contributed by atoms with Gasteiger partial charge in [0, 0.05) is 34.8 Å². The molecule has 0 radical (unpaired) electrons. The van der Waals surface area contributed by atoms with Crippen molar-refractivity contribution in [2.75, 3.05) is 18.0 Å². The van der Waals surface area contributed by atoms with E-state index >= 15 is 0 Å². The Morgan fingerprint density at radius 2 is 2.28 bits per heavy atom. The van der Waals surface area contributed by atoms with Crippen LogP contribution in [0.5, 0.6) is 0 Å². The Morgan fingerprint density at radius 1 is 1.56 bits per heavy atom. The predicted octanol–water partition coefficient (Wildman–Crippen LogP) is 2.37. The first-order chi connectivity index (χ1) is 8.49. The summed E-state index contributed by atoms with van der Waals surface area (Å²) in [5.41, 5.74) is 7.22. The third-order valence-corrected chi connectivity index (χ3v) is 4.32. The minimum atomic E-state index is -0.360. The van der Waals surface area contributed by atoms with Gasteiger partial charge in [0.2, 0.25) is 0 Å². The van der Waals surface area contributed by atoms with Crippen molar-refractivity contribution in [2.45, 2.75) is 19.4 Å². The summed E-state index contributed by atoms with van der Waals surface area (Å²) in [6.45, 7) is 3.98. The molecule has 2 atom stereocenters. The van der Waals surface area contributed by atoms with Crippen molar-refractivity contribution in [3.63, 3.8) is 0 Å². The van der Waals surface area contributed by atoms with Crippen molar-refractivity contribution < 1.29 is 4.92 Å². The summed E-state index contributed by atoms with van der Waals surface area (Å²) in [5.74, 6) is 0.449. The van der Waals surface area contributed by atoms with Gasteiger partial charge in [0.15, 0.2) is 0 Å². The van der Waals surface area contributed by atoms with Crippen molar-refractivity contribution in [3.8, 4) is 0 Å². The van der Waals surface area contributed by atoms with E-state index in [0.717, 1.165) is 28.8 Å². The number of nitro groups is 1. The number of nitrogens with zero attached hydrogens (tertiary/aromatic N) is 2. The van der Waals surface area contributed by atoms with E-state index in [4.69, 9.17) is 5.73 Å². The Hall–Kier alpha value is -0.890. The first-order valence-corrected chi connectivity index (χ1v) is 7.01. The number of hydrogen-bond acceptors (Lipinski definition) is 4. The van der Waals surface area contributed by atoms with Crippen LogP contribution < -0.4 is 10.6 Å². The highest BCUT2D eigenvalue weighted by atomic mass is 127. The molecule has 0 aromatic heterocycles. The largest absolute Gasteiger partial charge is 0.370 e. The zero-order chi connectivity index (χ0) is 13.3. The Morgan fingerprint density at radius 3 is 2.83 bits per heavy atom. The van der Waals surface area contributed by atoms with Gasteiger partial charge in [-0.1, -0.05) is 6.92 Å². The summed E-state index contributed by atoms with van der Waals surface area (Å²) < 4.78 is 0.921. The van der Waals surface area contributed by atoms with Gasteiger partial charge in [0.25, 0.3) is 5.69 Å². The Labute approximate surface area is 120 Å². The zero-order valence-corrected chi connectivity index (χ0v) is 12.3. The van der Waals surface area contributed by atoms with E-state index in [1.807, 2.05) is 6.07 Å². The van der Waals surface area contributed by atoms with Crippen LogP contribution in [0, 0.1) is 19.6 Å². The van der Waals surface area contributed by atoms with Crippen LogP contribution in [0.1, 0.15) is 13.3 Å². The number of hydrogen-bond donors (Lipinski definition) is 1. The molecule has 1 aromatic rings. The summed E-state index contributed by atoms with van der Waals surface area (Å²) in [6, 6.07) is 5.28. The van der Waals surface area contributed by atoms with Crippen molar-refractivity contribution in [2.24, 2.45) is 11.7 Å². The minimum absolute atomic E-state index is 0.143. The van der Waals surface area contributed by atoms with Gasteiger partial charge in [0.05, 0.1) is 10.6 Å². The van der Waals surface area contributed by atoms with E-state index in [2.05, 4.69) is 34.4 Å². The molecule has 0 bridgehead atoms. The maximum atomic E-state index is 10.7. The van der Waals surface area contributed by atoms with Crippen LogP contribution in [0.15, 0.2) is 18.2 Å². The molecule has 98 valence electrons. The Kier molecular flexibility index (Phi) is 4.06. The number of benzene rings is 1. The van der Waals surface area contributed by atoms with Gasteiger partial charge in [-0.2, -0.15) is 0 Å². The van der Waals surface area contributed by atoms with Crippen LogP contribution in [0.25, 0.3) is 0 Å². The number of anilines is 1. The van der Waals surface area contributed by atoms with E-state index in [1.54, 1.807) is 12.1 Å². The lowest BCUT2D eigenvalue weighted by atomic mass is 9.94. The highest BCUT2D eigenvalue weighted by molar-refractivity contribution is 14.1. The van der Waals surface area contributed by atoms with Gasteiger partial charge in [-0.25, -0.2) is 0 Å². The van der Waals surface area contributed by atoms with Gasteiger partial charge in [0.1, 0.15) is 0 Å². The third-order valence-electron chi connectivity index (χ3n) is 3.45. The summed E-state index contributed by atoms with van der Waals surface area (Å²) >= 11 is 2.16. The molecule has 1 heterocycles. The maximum Gasteiger partial charge on any atom is 0.270 e. The number of nitro benzene ring substituents is 1. The van der Waals surface area contributed by atoms with Gasteiger partial charge < -0.3 is 10.6 Å². The monoisotopic (exact) mass is 361 g/mol. The molecule has 6 heteroatoms. The van der Waals surface area contributed by atoms with E-state index in [0.29, 0.717) is 5.92 Å². The van der Waals surface area contributed by atoms with Crippen LogP contribution in [-0.4, -0.2) is 24.1 Å². The van der Waals surface area contributed by atoms with Gasteiger partial charge in [-0.05, 0) is 41.0 Å². The molecular weight excluding hydrogens is 345 g/mol. The summed E-state index contributed by atoms with van der Waals surface area (Å²) in [5, 5.41) is 10.7. The van der Waals surface area contributed by atoms with Crippen molar-refractivity contribution >= 4 is 34.0 Å². The standard InChI is InChI=1S/C12H16IN3O2/c1-8-7-15(5-4-11(8)14)12-3-2-9(16(17)18)6-10(12)13/h2-3,6,8,11H,4-5,7,14H2,1H3. The molecule has 1 aliphatic heterocycles. The second-order valence-electron chi connectivity index (χ2n) is 4.77. The highest BCUT2D eigenvalue weighted by Crippen LogP contribution is 2.29. The molecule has 0 saturated carbocycles. The SMILES string of the molecule is CC1CN(c2ccc([N+](=O)[O-])cc2I)CCC1N. The Bertz CT molecular complexity index is 467. The smallest absolute Gasteiger partial charge is 0.270 e. The molecule has 1 aromatic carbocycles. The number of nitrogens with two attached hydrogens (primary N) is 1. The number of non-ortho nitro benzene ring substituents is 1. The molecular formula is C12H16IN3O2. The topological polar surface area (TPSA) is 72.4 Å². The molecule has 5 nitrogen and oxygen atoms in total. The first-order valence-electron chi connectivity index (χ1n) is 5.93. The van der Waals surface area contributed by atoms with Crippen LogP contribution in [0.2, 0.25) is 0 Å². The zero-order valence-electron chi connectivity index (χ0n) is 10.2. The maximum absolute atomic E-state index is 10.7. The van der Waals surface area contributed by atoms with E-state index in [-0.39, 0.29) is 16.7 Å². The quantitative estimate of drug-likeness (QED) is 0.499. The number of halogens is 1. The molecule has 2 unspecified atom stereocenters. The average molecular weight is 361 g/mol. The lowest BCUT2D eigenvalue weighted by Gasteiger charge is -2.37. The molecule has 1 saturated heterocycles. The van der Waals surface area contributed by atoms with Crippen LogP contribution in [0.3, 0.4) is 0 Å². The van der Waals surface area contributed by atoms with Crippen LogP contribution >= 0.6 is 22.6 Å². The second kappa shape index (κ2) is 5.40. The van der Waals surface area contributed by atoms with Crippen molar-refractivity contribution in [1.82, 2.24) is 0 Å². The fourth-order valence-corrected chi connectivity index (χ4v) is 3.09. The van der Waals surface area contributed by atoms with E-state index < -0.39 is 0 Å². The lowest BCUT2D eigenvalue weighted by molar-refractivity contribution is -0.384. The second-order valence-corrected chi connectivity index (χ2v) is 5.93. The van der Waals surface area contributed by atoms with Crippen LogP contribution in [-0.2, 0) is 0 Å². The summed E-state index contributed by atoms with van der Waals surface area (Å²) in [7, 11) is 0. The molecule has 2 N–H and O–H groups in total. The fraction of sp³-hybridized carbons (Fsp3) is 0.500. The summed E-state index contributed by atoms with van der Waals surface area (Å²) in [4.78, 5) is 12.6. The average Bonchev–Trinajstić information content (AvgIpc) is 2.32. The van der Waals surface area contributed by atoms with Gasteiger partial charge >= 0.3 is 0 Å². The molecule has 0 amide bonds. The molecule has 1 fully saturated rings. The molecule has 0 aliphatic carbocycles. The minimum Gasteiger partial charge on any atom is -0.370 e. The molecule has 18 heavy (non-hydrogen) atoms. The number of rotatable bonds is 2. The van der Waals surface area contributed by atoms with E-state index in [1.165, 1.54) is 0 Å². The van der Waals surface area contributed by atoms with Gasteiger partial charge in [-0.15, -0.1) is 0 Å². The third kappa shape index (κ3) is 2.74. The normalized spacial score (nSPS) is 24.1.